The van der Waals surface area contributed by atoms with Crippen LogP contribution in [0.15, 0.2) is 53.3 Å². The number of aryl methyl sites for hydroxylation is 2. The van der Waals surface area contributed by atoms with Crippen LogP contribution in [0.3, 0.4) is 0 Å². The molecule has 6 heteroatoms. The van der Waals surface area contributed by atoms with Gasteiger partial charge >= 0.3 is 0 Å². The summed E-state index contributed by atoms with van der Waals surface area (Å²) in [5.41, 5.74) is 6.36. The summed E-state index contributed by atoms with van der Waals surface area (Å²) in [7, 11) is 4.20. The van der Waals surface area contributed by atoms with Crippen molar-refractivity contribution in [1.29, 1.82) is 0 Å². The van der Waals surface area contributed by atoms with Crippen molar-refractivity contribution < 1.29 is 0 Å². The molecular weight excluding hydrogens is 410 g/mol. The van der Waals surface area contributed by atoms with Crippen LogP contribution in [0.25, 0.3) is 0 Å². The highest BCUT2D eigenvalue weighted by Gasteiger charge is 2.28. The molecule has 0 radical (unpaired) electrons. The molecule has 1 aromatic heterocycles. The van der Waals surface area contributed by atoms with Crippen LogP contribution in [-0.2, 0) is 13.1 Å². The van der Waals surface area contributed by atoms with Crippen LogP contribution in [0.2, 0.25) is 0 Å². The van der Waals surface area contributed by atoms with Gasteiger partial charge in [0.15, 0.2) is 0 Å². The fourth-order valence-electron chi connectivity index (χ4n) is 4.50. The Morgan fingerprint density at radius 1 is 0.970 bits per heavy atom. The summed E-state index contributed by atoms with van der Waals surface area (Å²) < 4.78 is 1.87. The van der Waals surface area contributed by atoms with Crippen molar-refractivity contribution >= 4 is 11.6 Å². The van der Waals surface area contributed by atoms with E-state index in [2.05, 4.69) is 73.0 Å². The molecule has 3 aromatic rings. The van der Waals surface area contributed by atoms with E-state index in [0.717, 1.165) is 54.6 Å². The Balaban J connectivity index is 1.77. The summed E-state index contributed by atoms with van der Waals surface area (Å²) in [4.78, 5) is 25.5. The van der Waals surface area contributed by atoms with Crippen molar-refractivity contribution in [2.75, 3.05) is 38.8 Å². The smallest absolute Gasteiger partial charge is 0.259 e. The number of benzene rings is 2. The molecule has 174 valence electrons. The molecule has 0 spiro atoms. The molecule has 0 fully saturated rings. The highest BCUT2D eigenvalue weighted by atomic mass is 16.1. The van der Waals surface area contributed by atoms with Crippen molar-refractivity contribution in [3.05, 3.63) is 86.8 Å². The van der Waals surface area contributed by atoms with Gasteiger partial charge in [0.1, 0.15) is 0 Å². The molecule has 1 aliphatic heterocycles. The van der Waals surface area contributed by atoms with Crippen LogP contribution < -0.4 is 10.5 Å². The maximum atomic E-state index is 13.8. The van der Waals surface area contributed by atoms with Crippen LogP contribution in [0.1, 0.15) is 34.4 Å². The number of anilines is 2. The number of aromatic nitrogens is 2. The number of hydrogen-bond acceptors (Lipinski definition) is 5. The van der Waals surface area contributed by atoms with E-state index >= 15 is 0 Å². The molecule has 6 nitrogen and oxygen atoms in total. The van der Waals surface area contributed by atoms with E-state index in [-0.39, 0.29) is 5.56 Å². The number of rotatable bonds is 7. The monoisotopic (exact) mass is 445 g/mol. The zero-order chi connectivity index (χ0) is 23.5. The lowest BCUT2D eigenvalue weighted by Crippen LogP contribution is -2.48. The Labute approximate surface area is 197 Å². The Bertz CT molecular complexity index is 1170. The lowest BCUT2D eigenvalue weighted by molar-refractivity contribution is 0.189. The molecule has 0 saturated carbocycles. The third kappa shape index (κ3) is 5.02. The highest BCUT2D eigenvalue weighted by Crippen LogP contribution is 2.31. The molecular formula is C27H35N5O. The third-order valence-electron chi connectivity index (χ3n) is 6.54. The van der Waals surface area contributed by atoms with Gasteiger partial charge in [0.05, 0.1) is 19.0 Å². The molecule has 1 aliphatic rings. The van der Waals surface area contributed by atoms with E-state index in [9.17, 15) is 4.79 Å². The van der Waals surface area contributed by atoms with Crippen LogP contribution in [0.5, 0.6) is 0 Å². The average Bonchev–Trinajstić information content (AvgIpc) is 2.79. The molecule has 0 atom stereocenters. The zero-order valence-electron chi connectivity index (χ0n) is 20.5. The molecule has 2 heterocycles. The second kappa shape index (κ2) is 9.89. The van der Waals surface area contributed by atoms with E-state index in [1.807, 2.05) is 29.7 Å². The first-order chi connectivity index (χ1) is 15.8. The predicted octanol–water partition coefficient (Wildman–Crippen LogP) is 4.08. The zero-order valence-corrected chi connectivity index (χ0v) is 20.5. The maximum absolute atomic E-state index is 13.8. The van der Waals surface area contributed by atoms with Gasteiger partial charge in [0, 0.05) is 24.2 Å². The molecule has 0 amide bonds. The van der Waals surface area contributed by atoms with Crippen LogP contribution in [-0.4, -0.2) is 53.2 Å². The molecule has 0 aliphatic carbocycles. The summed E-state index contributed by atoms with van der Waals surface area (Å²) in [5, 5.41) is 0. The molecule has 0 unspecified atom stereocenters. The summed E-state index contributed by atoms with van der Waals surface area (Å²) in [5.74, 6) is 0.742. The standard InChI is InChI=1S/C27H35N5O/c1-20-11-9-14-25(21(20)2)31-18-30(16-10-15-29(4)5)19-32-26(33)24(22(3)28-27(31)32)17-23-12-7-6-8-13-23/h6-9,11-14H,10,15-19H2,1-5H3. The Kier molecular flexibility index (Phi) is 6.96. The fourth-order valence-corrected chi connectivity index (χ4v) is 4.50. The molecule has 2 aromatic carbocycles. The molecule has 33 heavy (non-hydrogen) atoms. The first-order valence-electron chi connectivity index (χ1n) is 11.7. The van der Waals surface area contributed by atoms with Crippen LogP contribution >= 0.6 is 0 Å². The van der Waals surface area contributed by atoms with Gasteiger partial charge in [-0.2, -0.15) is 0 Å². The topological polar surface area (TPSA) is 44.6 Å². The first kappa shape index (κ1) is 23.2. The van der Waals surface area contributed by atoms with E-state index in [1.54, 1.807) is 0 Å². The lowest BCUT2D eigenvalue weighted by atomic mass is 10.0. The summed E-state index contributed by atoms with van der Waals surface area (Å²) in [6.45, 7) is 9.48. The van der Waals surface area contributed by atoms with Gasteiger partial charge in [-0.1, -0.05) is 42.5 Å². The summed E-state index contributed by atoms with van der Waals surface area (Å²) >= 11 is 0. The lowest BCUT2D eigenvalue weighted by Gasteiger charge is -2.39. The van der Waals surface area contributed by atoms with Crippen LogP contribution in [0, 0.1) is 20.8 Å². The number of nitrogens with zero attached hydrogens (tertiary/aromatic N) is 5. The predicted molar refractivity (Wildman–Crippen MR) is 135 cm³/mol. The number of fused-ring (bicyclic) bond motifs is 1. The largest absolute Gasteiger partial charge is 0.309 e. The minimum Gasteiger partial charge on any atom is -0.309 e. The molecule has 4 rings (SSSR count). The maximum Gasteiger partial charge on any atom is 0.259 e. The normalized spacial score (nSPS) is 14.1. The van der Waals surface area contributed by atoms with Crippen molar-refractivity contribution in [3.8, 4) is 0 Å². The first-order valence-corrected chi connectivity index (χ1v) is 11.7. The average molecular weight is 446 g/mol. The van der Waals surface area contributed by atoms with Crippen LogP contribution in [0.4, 0.5) is 11.6 Å². The number of hydrogen-bond donors (Lipinski definition) is 0. The van der Waals surface area contributed by atoms with Crippen molar-refractivity contribution in [2.45, 2.75) is 40.3 Å². The van der Waals surface area contributed by atoms with Gasteiger partial charge in [-0.05, 0) is 70.6 Å². The van der Waals surface area contributed by atoms with Crippen molar-refractivity contribution in [3.63, 3.8) is 0 Å². The second-order valence-corrected chi connectivity index (χ2v) is 9.35. The van der Waals surface area contributed by atoms with Gasteiger partial charge in [-0.15, -0.1) is 0 Å². The van der Waals surface area contributed by atoms with Crippen molar-refractivity contribution in [1.82, 2.24) is 19.4 Å². The second-order valence-electron chi connectivity index (χ2n) is 9.35. The Morgan fingerprint density at radius 3 is 2.45 bits per heavy atom. The summed E-state index contributed by atoms with van der Waals surface area (Å²) in [6, 6.07) is 16.5. The Morgan fingerprint density at radius 2 is 1.73 bits per heavy atom. The fraction of sp³-hybridized carbons (Fsp3) is 0.407. The van der Waals surface area contributed by atoms with E-state index in [0.29, 0.717) is 13.1 Å². The SMILES string of the molecule is Cc1cccc(N2CN(CCCN(C)C)Cn3c2nc(C)c(Cc2ccccc2)c3=O)c1C. The third-order valence-corrected chi connectivity index (χ3v) is 6.54. The minimum absolute atomic E-state index is 0.0639. The van der Waals surface area contributed by atoms with Gasteiger partial charge in [0.25, 0.3) is 5.56 Å². The summed E-state index contributed by atoms with van der Waals surface area (Å²) in [6.07, 6.45) is 1.65. The van der Waals surface area contributed by atoms with Gasteiger partial charge in [0.2, 0.25) is 5.95 Å². The van der Waals surface area contributed by atoms with Gasteiger partial charge < -0.3 is 4.90 Å². The van der Waals surface area contributed by atoms with E-state index < -0.39 is 0 Å². The Hall–Kier alpha value is -2.96. The molecule has 0 saturated heterocycles. The van der Waals surface area contributed by atoms with Gasteiger partial charge in [-0.3, -0.25) is 19.2 Å². The van der Waals surface area contributed by atoms with E-state index in [4.69, 9.17) is 4.98 Å². The highest BCUT2D eigenvalue weighted by molar-refractivity contribution is 5.64. The van der Waals surface area contributed by atoms with Gasteiger partial charge in [-0.25, -0.2) is 4.98 Å². The van der Waals surface area contributed by atoms with E-state index in [1.165, 1.54) is 11.1 Å². The minimum atomic E-state index is 0.0639. The molecule has 0 N–H and O–H groups in total. The quantitative estimate of drug-likeness (QED) is 0.548. The van der Waals surface area contributed by atoms with Crippen molar-refractivity contribution in [2.24, 2.45) is 0 Å². The molecule has 0 bridgehead atoms.